The van der Waals surface area contributed by atoms with Gasteiger partial charge in [-0.1, -0.05) is 18.2 Å². The summed E-state index contributed by atoms with van der Waals surface area (Å²) in [5, 5.41) is 3.20. The standard InChI is InChI=1S/C20H25N5O2/c26-20(15-24-10-11-27-18-6-2-1-4-16(18)13-24)23-17-5-3-9-25(14-17)19-12-21-7-8-22-19/h1-2,4,6-8,12,17H,3,5,9-11,13-15H2,(H,23,26)/t17-/m0/s1. The molecular formula is C20H25N5O2. The third kappa shape index (κ3) is 4.54. The van der Waals surface area contributed by atoms with E-state index in [1.807, 2.05) is 18.2 Å². The molecule has 4 rings (SSSR count). The zero-order chi connectivity index (χ0) is 18.5. The zero-order valence-corrected chi connectivity index (χ0v) is 15.4. The smallest absolute Gasteiger partial charge is 0.234 e. The molecule has 7 heteroatoms. The number of amides is 1. The van der Waals surface area contributed by atoms with Gasteiger partial charge in [0.05, 0.1) is 12.7 Å². The van der Waals surface area contributed by atoms with Crippen molar-refractivity contribution in [3.63, 3.8) is 0 Å². The van der Waals surface area contributed by atoms with E-state index in [1.165, 1.54) is 0 Å². The number of nitrogens with one attached hydrogen (secondary N) is 1. The Morgan fingerprint density at radius 1 is 1.26 bits per heavy atom. The van der Waals surface area contributed by atoms with Gasteiger partial charge < -0.3 is 15.0 Å². The lowest BCUT2D eigenvalue weighted by molar-refractivity contribution is -0.123. The fraction of sp³-hybridized carbons (Fsp3) is 0.450. The molecule has 1 saturated heterocycles. The van der Waals surface area contributed by atoms with E-state index in [2.05, 4.69) is 31.2 Å². The van der Waals surface area contributed by atoms with Crippen molar-refractivity contribution in [1.29, 1.82) is 0 Å². The molecule has 0 saturated carbocycles. The zero-order valence-electron chi connectivity index (χ0n) is 15.4. The van der Waals surface area contributed by atoms with Crippen molar-refractivity contribution in [2.45, 2.75) is 25.4 Å². The van der Waals surface area contributed by atoms with Gasteiger partial charge in [0, 0.05) is 50.2 Å². The SMILES string of the molecule is O=C(CN1CCOc2ccccc2C1)N[C@H]1CCCN(c2cnccn2)C1. The summed E-state index contributed by atoms with van der Waals surface area (Å²) in [6.45, 7) is 4.20. The normalized spacial score (nSPS) is 20.3. The molecule has 0 radical (unpaired) electrons. The summed E-state index contributed by atoms with van der Waals surface area (Å²) >= 11 is 0. The molecule has 7 nitrogen and oxygen atoms in total. The lowest BCUT2D eigenvalue weighted by Gasteiger charge is -2.34. The van der Waals surface area contributed by atoms with Crippen LogP contribution in [0.4, 0.5) is 5.82 Å². The maximum atomic E-state index is 12.6. The Kier molecular flexibility index (Phi) is 5.48. The molecule has 3 heterocycles. The number of benzene rings is 1. The number of carbonyl (C=O) groups excluding carboxylic acids is 1. The molecule has 1 amide bonds. The third-order valence-corrected chi connectivity index (χ3v) is 5.06. The van der Waals surface area contributed by atoms with Crippen LogP contribution in [0.25, 0.3) is 0 Å². The number of para-hydroxylation sites is 1. The molecule has 0 unspecified atom stereocenters. The second-order valence-electron chi connectivity index (χ2n) is 7.08. The van der Waals surface area contributed by atoms with Crippen molar-refractivity contribution in [1.82, 2.24) is 20.2 Å². The number of carbonyl (C=O) groups is 1. The summed E-state index contributed by atoms with van der Waals surface area (Å²) in [5.74, 6) is 1.87. The summed E-state index contributed by atoms with van der Waals surface area (Å²) in [6, 6.07) is 8.18. The van der Waals surface area contributed by atoms with Crippen LogP contribution in [0.5, 0.6) is 5.75 Å². The van der Waals surface area contributed by atoms with E-state index in [0.717, 1.165) is 56.2 Å². The lowest BCUT2D eigenvalue weighted by Crippen LogP contribution is -2.50. The van der Waals surface area contributed by atoms with Gasteiger partial charge in [-0.25, -0.2) is 4.98 Å². The van der Waals surface area contributed by atoms with Crippen LogP contribution in [0.15, 0.2) is 42.9 Å². The Labute approximate surface area is 159 Å². The number of hydrogen-bond donors (Lipinski definition) is 1. The van der Waals surface area contributed by atoms with Crippen LogP contribution in [0.1, 0.15) is 18.4 Å². The molecule has 1 fully saturated rings. The first-order valence-corrected chi connectivity index (χ1v) is 9.51. The Hall–Kier alpha value is -2.67. The van der Waals surface area contributed by atoms with E-state index in [4.69, 9.17) is 4.74 Å². The fourth-order valence-corrected chi connectivity index (χ4v) is 3.75. The third-order valence-electron chi connectivity index (χ3n) is 5.06. The number of piperidine rings is 1. The van der Waals surface area contributed by atoms with Crippen molar-refractivity contribution in [3.05, 3.63) is 48.4 Å². The minimum Gasteiger partial charge on any atom is -0.492 e. The molecule has 1 aromatic carbocycles. The molecule has 1 atom stereocenters. The van der Waals surface area contributed by atoms with E-state index >= 15 is 0 Å². The van der Waals surface area contributed by atoms with Gasteiger partial charge in [0.15, 0.2) is 0 Å². The van der Waals surface area contributed by atoms with Gasteiger partial charge >= 0.3 is 0 Å². The van der Waals surface area contributed by atoms with E-state index < -0.39 is 0 Å². The van der Waals surface area contributed by atoms with Crippen LogP contribution >= 0.6 is 0 Å². The maximum Gasteiger partial charge on any atom is 0.234 e. The Morgan fingerprint density at radius 3 is 3.07 bits per heavy atom. The summed E-state index contributed by atoms with van der Waals surface area (Å²) in [6.07, 6.45) is 7.19. The Morgan fingerprint density at radius 2 is 2.19 bits per heavy atom. The fourth-order valence-electron chi connectivity index (χ4n) is 3.75. The predicted molar refractivity (Wildman–Crippen MR) is 103 cm³/mol. The van der Waals surface area contributed by atoms with Gasteiger partial charge in [-0.3, -0.25) is 14.7 Å². The monoisotopic (exact) mass is 367 g/mol. The van der Waals surface area contributed by atoms with Gasteiger partial charge in [0.25, 0.3) is 0 Å². The van der Waals surface area contributed by atoms with Gasteiger partial charge in [-0.15, -0.1) is 0 Å². The van der Waals surface area contributed by atoms with Gasteiger partial charge in [0.1, 0.15) is 18.2 Å². The highest BCUT2D eigenvalue weighted by Gasteiger charge is 2.24. The number of aromatic nitrogens is 2. The Bertz CT molecular complexity index is 770. The van der Waals surface area contributed by atoms with Crippen LogP contribution < -0.4 is 15.0 Å². The quantitative estimate of drug-likeness (QED) is 0.882. The average Bonchev–Trinajstić information content (AvgIpc) is 2.90. The van der Waals surface area contributed by atoms with Crippen LogP contribution in [0.2, 0.25) is 0 Å². The summed E-state index contributed by atoms with van der Waals surface area (Å²) in [4.78, 5) is 25.5. The topological polar surface area (TPSA) is 70.6 Å². The number of hydrogen-bond acceptors (Lipinski definition) is 6. The molecule has 1 aromatic heterocycles. The molecule has 0 bridgehead atoms. The first-order chi connectivity index (χ1) is 13.3. The maximum absolute atomic E-state index is 12.6. The van der Waals surface area contributed by atoms with Crippen LogP contribution in [-0.4, -0.2) is 59.6 Å². The number of ether oxygens (including phenoxy) is 1. The van der Waals surface area contributed by atoms with Gasteiger partial charge in [-0.2, -0.15) is 0 Å². The number of rotatable bonds is 4. The number of fused-ring (bicyclic) bond motifs is 1. The van der Waals surface area contributed by atoms with Crippen LogP contribution in [-0.2, 0) is 11.3 Å². The summed E-state index contributed by atoms with van der Waals surface area (Å²) < 4.78 is 5.78. The molecule has 2 aliphatic heterocycles. The van der Waals surface area contributed by atoms with E-state index in [1.54, 1.807) is 18.6 Å². The van der Waals surface area contributed by atoms with E-state index in [0.29, 0.717) is 13.2 Å². The van der Waals surface area contributed by atoms with Crippen LogP contribution in [0.3, 0.4) is 0 Å². The molecule has 2 aliphatic rings. The first kappa shape index (κ1) is 17.7. The minimum absolute atomic E-state index is 0.0698. The number of anilines is 1. The van der Waals surface area contributed by atoms with E-state index in [9.17, 15) is 4.79 Å². The van der Waals surface area contributed by atoms with Crippen molar-refractivity contribution < 1.29 is 9.53 Å². The second-order valence-corrected chi connectivity index (χ2v) is 7.08. The van der Waals surface area contributed by atoms with Crippen molar-refractivity contribution in [3.8, 4) is 5.75 Å². The molecule has 27 heavy (non-hydrogen) atoms. The molecule has 0 aliphatic carbocycles. The molecular weight excluding hydrogens is 342 g/mol. The van der Waals surface area contributed by atoms with Crippen molar-refractivity contribution >= 4 is 11.7 Å². The molecule has 142 valence electrons. The van der Waals surface area contributed by atoms with Crippen LogP contribution in [0, 0.1) is 0 Å². The lowest BCUT2D eigenvalue weighted by atomic mass is 10.1. The largest absolute Gasteiger partial charge is 0.492 e. The van der Waals surface area contributed by atoms with Crippen molar-refractivity contribution in [2.75, 3.05) is 37.7 Å². The second kappa shape index (κ2) is 8.35. The highest BCUT2D eigenvalue weighted by atomic mass is 16.5. The minimum atomic E-state index is 0.0698. The van der Waals surface area contributed by atoms with Crippen molar-refractivity contribution in [2.24, 2.45) is 0 Å². The highest BCUT2D eigenvalue weighted by Crippen LogP contribution is 2.22. The predicted octanol–water partition coefficient (Wildman–Crippen LogP) is 1.46. The highest BCUT2D eigenvalue weighted by molar-refractivity contribution is 5.78. The summed E-state index contributed by atoms with van der Waals surface area (Å²) in [5.41, 5.74) is 1.13. The van der Waals surface area contributed by atoms with Gasteiger partial charge in [-0.05, 0) is 18.9 Å². The van der Waals surface area contributed by atoms with Gasteiger partial charge in [0.2, 0.25) is 5.91 Å². The first-order valence-electron chi connectivity index (χ1n) is 9.51. The van der Waals surface area contributed by atoms with E-state index in [-0.39, 0.29) is 11.9 Å². The Balaban J connectivity index is 1.31. The molecule has 0 spiro atoms. The average molecular weight is 367 g/mol. The summed E-state index contributed by atoms with van der Waals surface area (Å²) in [7, 11) is 0. The molecule has 2 aromatic rings. The number of nitrogens with zero attached hydrogens (tertiary/aromatic N) is 4. The molecule has 1 N–H and O–H groups in total.